The van der Waals surface area contributed by atoms with Gasteiger partial charge in [-0.05, 0) is 43.5 Å². The average Bonchev–Trinajstić information content (AvgIpc) is 3.25. The molecule has 4 nitrogen and oxygen atoms in total. The summed E-state index contributed by atoms with van der Waals surface area (Å²) in [5.41, 5.74) is 4.44. The summed E-state index contributed by atoms with van der Waals surface area (Å²) in [5.74, 6) is -0.117. The third-order valence-corrected chi connectivity index (χ3v) is 5.10. The largest absolute Gasteiger partial charge is 0.348 e. The van der Waals surface area contributed by atoms with E-state index in [1.54, 1.807) is 4.68 Å². The standard InChI is InChI=1S/C26H25N3O/c1-20(17-18-21-11-5-2-6-12-21)27-26(30)25-19-24(22-13-7-3-8-14-22)28-29(25)23-15-9-4-10-16-23/h2-16,19-20H,17-18H2,1H3,(H,27,30). The molecule has 1 amide bonds. The molecule has 0 aliphatic heterocycles. The number of nitrogens with zero attached hydrogens (tertiary/aromatic N) is 2. The molecule has 0 saturated heterocycles. The van der Waals surface area contributed by atoms with Gasteiger partial charge in [-0.2, -0.15) is 5.10 Å². The highest BCUT2D eigenvalue weighted by Gasteiger charge is 2.19. The van der Waals surface area contributed by atoms with Crippen LogP contribution in [0, 0.1) is 0 Å². The first-order valence-corrected chi connectivity index (χ1v) is 10.3. The summed E-state index contributed by atoms with van der Waals surface area (Å²) in [5, 5.41) is 7.87. The van der Waals surface area contributed by atoms with Crippen LogP contribution in [-0.2, 0) is 6.42 Å². The van der Waals surface area contributed by atoms with E-state index < -0.39 is 0 Å². The van der Waals surface area contributed by atoms with Crippen molar-refractivity contribution in [1.82, 2.24) is 15.1 Å². The number of nitrogens with one attached hydrogen (secondary N) is 1. The van der Waals surface area contributed by atoms with Crippen LogP contribution in [-0.4, -0.2) is 21.7 Å². The Kier molecular flexibility index (Phi) is 6.04. The number of benzene rings is 3. The molecule has 4 rings (SSSR count). The lowest BCUT2D eigenvalue weighted by molar-refractivity contribution is 0.0930. The van der Waals surface area contributed by atoms with E-state index in [1.165, 1.54) is 5.56 Å². The van der Waals surface area contributed by atoms with Crippen molar-refractivity contribution >= 4 is 5.91 Å². The minimum absolute atomic E-state index is 0.0528. The lowest BCUT2D eigenvalue weighted by Gasteiger charge is -2.14. The maximum Gasteiger partial charge on any atom is 0.270 e. The number of carbonyl (C=O) groups is 1. The first kappa shape index (κ1) is 19.6. The van der Waals surface area contributed by atoms with Crippen LogP contribution in [0.3, 0.4) is 0 Å². The summed E-state index contributed by atoms with van der Waals surface area (Å²) < 4.78 is 1.72. The van der Waals surface area contributed by atoms with E-state index in [9.17, 15) is 4.79 Å². The Morgan fingerprint density at radius 1 is 0.900 bits per heavy atom. The second kappa shape index (κ2) is 9.23. The molecular formula is C26H25N3O. The van der Waals surface area contributed by atoms with Crippen LogP contribution in [0.2, 0.25) is 0 Å². The highest BCUT2D eigenvalue weighted by Crippen LogP contribution is 2.22. The Morgan fingerprint density at radius 3 is 2.17 bits per heavy atom. The van der Waals surface area contributed by atoms with E-state index in [0.29, 0.717) is 5.69 Å². The minimum atomic E-state index is -0.117. The van der Waals surface area contributed by atoms with Crippen molar-refractivity contribution in [1.29, 1.82) is 0 Å². The first-order chi connectivity index (χ1) is 14.7. The molecule has 1 heterocycles. The van der Waals surface area contributed by atoms with Crippen molar-refractivity contribution in [3.8, 4) is 16.9 Å². The minimum Gasteiger partial charge on any atom is -0.348 e. The summed E-state index contributed by atoms with van der Waals surface area (Å²) in [4.78, 5) is 13.1. The predicted octanol–water partition coefficient (Wildman–Crippen LogP) is 5.29. The van der Waals surface area contributed by atoms with E-state index in [-0.39, 0.29) is 11.9 Å². The fourth-order valence-electron chi connectivity index (χ4n) is 3.46. The van der Waals surface area contributed by atoms with E-state index in [2.05, 4.69) is 17.4 Å². The SMILES string of the molecule is CC(CCc1ccccc1)NC(=O)c1cc(-c2ccccc2)nn1-c1ccccc1. The number of amides is 1. The molecule has 30 heavy (non-hydrogen) atoms. The van der Waals surface area contributed by atoms with Crippen LogP contribution < -0.4 is 5.32 Å². The Hall–Kier alpha value is -3.66. The van der Waals surface area contributed by atoms with E-state index in [1.807, 2.05) is 91.9 Å². The van der Waals surface area contributed by atoms with Gasteiger partial charge in [0.1, 0.15) is 5.69 Å². The third-order valence-electron chi connectivity index (χ3n) is 5.10. The van der Waals surface area contributed by atoms with Gasteiger partial charge in [0.2, 0.25) is 0 Å². The smallest absolute Gasteiger partial charge is 0.270 e. The van der Waals surface area contributed by atoms with Gasteiger partial charge in [-0.1, -0.05) is 78.9 Å². The van der Waals surface area contributed by atoms with Crippen LogP contribution in [0.15, 0.2) is 97.1 Å². The number of para-hydroxylation sites is 1. The molecule has 1 N–H and O–H groups in total. The van der Waals surface area contributed by atoms with Crippen LogP contribution in [0.1, 0.15) is 29.4 Å². The molecule has 3 aromatic carbocycles. The summed E-state index contributed by atoms with van der Waals surface area (Å²) in [7, 11) is 0. The average molecular weight is 396 g/mol. The summed E-state index contributed by atoms with van der Waals surface area (Å²) in [6, 6.07) is 31.9. The molecule has 0 radical (unpaired) electrons. The molecule has 1 unspecified atom stereocenters. The molecule has 0 fully saturated rings. The van der Waals surface area contributed by atoms with Crippen molar-refractivity contribution < 1.29 is 4.79 Å². The van der Waals surface area contributed by atoms with Crippen LogP contribution in [0.4, 0.5) is 0 Å². The predicted molar refractivity (Wildman–Crippen MR) is 121 cm³/mol. The van der Waals surface area contributed by atoms with Crippen molar-refractivity contribution in [2.45, 2.75) is 25.8 Å². The Labute approximate surface area is 177 Å². The summed E-state index contributed by atoms with van der Waals surface area (Å²) >= 11 is 0. The lowest BCUT2D eigenvalue weighted by atomic mass is 10.1. The zero-order valence-corrected chi connectivity index (χ0v) is 17.0. The number of hydrogen-bond acceptors (Lipinski definition) is 2. The normalized spacial score (nSPS) is 11.8. The monoisotopic (exact) mass is 395 g/mol. The maximum atomic E-state index is 13.1. The highest BCUT2D eigenvalue weighted by atomic mass is 16.2. The molecule has 1 aromatic heterocycles. The fraction of sp³-hybridized carbons (Fsp3) is 0.154. The van der Waals surface area contributed by atoms with Gasteiger partial charge in [-0.15, -0.1) is 0 Å². The zero-order valence-electron chi connectivity index (χ0n) is 17.0. The van der Waals surface area contributed by atoms with Gasteiger partial charge in [-0.3, -0.25) is 4.79 Å². The zero-order chi connectivity index (χ0) is 20.8. The maximum absolute atomic E-state index is 13.1. The summed E-state index contributed by atoms with van der Waals surface area (Å²) in [6.45, 7) is 2.04. The highest BCUT2D eigenvalue weighted by molar-refractivity contribution is 5.94. The van der Waals surface area contributed by atoms with Gasteiger partial charge < -0.3 is 5.32 Å². The van der Waals surface area contributed by atoms with Gasteiger partial charge in [0.15, 0.2) is 0 Å². The number of hydrogen-bond donors (Lipinski definition) is 1. The molecule has 0 aliphatic rings. The molecule has 0 bridgehead atoms. The van der Waals surface area contributed by atoms with Gasteiger partial charge in [-0.25, -0.2) is 4.68 Å². The molecular weight excluding hydrogens is 370 g/mol. The van der Waals surface area contributed by atoms with Gasteiger partial charge in [0, 0.05) is 11.6 Å². The van der Waals surface area contributed by atoms with Gasteiger partial charge in [0.05, 0.1) is 11.4 Å². The second-order valence-electron chi connectivity index (χ2n) is 7.43. The third kappa shape index (κ3) is 4.66. The van der Waals surface area contributed by atoms with Crippen LogP contribution in [0.5, 0.6) is 0 Å². The molecule has 0 saturated carbocycles. The Bertz CT molecular complexity index is 1090. The van der Waals surface area contributed by atoms with E-state index in [0.717, 1.165) is 29.8 Å². The first-order valence-electron chi connectivity index (χ1n) is 10.3. The molecule has 1 atom stereocenters. The van der Waals surface area contributed by atoms with Gasteiger partial charge in [0.25, 0.3) is 5.91 Å². The van der Waals surface area contributed by atoms with Crippen molar-refractivity contribution in [3.05, 3.63) is 108 Å². The number of aromatic nitrogens is 2. The molecule has 0 aliphatic carbocycles. The quantitative estimate of drug-likeness (QED) is 0.462. The summed E-state index contributed by atoms with van der Waals surface area (Å²) in [6.07, 6.45) is 1.80. The van der Waals surface area contributed by atoms with Crippen molar-refractivity contribution in [2.24, 2.45) is 0 Å². The molecule has 150 valence electrons. The van der Waals surface area contributed by atoms with Crippen LogP contribution >= 0.6 is 0 Å². The second-order valence-corrected chi connectivity index (χ2v) is 7.43. The van der Waals surface area contributed by atoms with Crippen LogP contribution in [0.25, 0.3) is 16.9 Å². The van der Waals surface area contributed by atoms with E-state index in [4.69, 9.17) is 5.10 Å². The lowest BCUT2D eigenvalue weighted by Crippen LogP contribution is -2.34. The number of rotatable bonds is 7. The van der Waals surface area contributed by atoms with Crippen molar-refractivity contribution in [3.63, 3.8) is 0 Å². The van der Waals surface area contributed by atoms with Gasteiger partial charge >= 0.3 is 0 Å². The molecule has 4 aromatic rings. The number of aryl methyl sites for hydroxylation is 1. The molecule has 0 spiro atoms. The molecule has 4 heteroatoms. The van der Waals surface area contributed by atoms with Crippen molar-refractivity contribution in [2.75, 3.05) is 0 Å². The van der Waals surface area contributed by atoms with E-state index >= 15 is 0 Å². The number of carbonyl (C=O) groups excluding carboxylic acids is 1. The fourth-order valence-corrected chi connectivity index (χ4v) is 3.46. The Balaban J connectivity index is 1.55. The topological polar surface area (TPSA) is 46.9 Å². The Morgan fingerprint density at radius 2 is 1.50 bits per heavy atom.